The number of aryl methyl sites for hydroxylation is 1. The van der Waals surface area contributed by atoms with E-state index in [1.165, 1.54) is 5.01 Å². The molecule has 0 aliphatic carbocycles. The van der Waals surface area contributed by atoms with Gasteiger partial charge in [0.25, 0.3) is 5.56 Å². The second-order valence-electron chi connectivity index (χ2n) is 8.01. The molecule has 4 aromatic rings. The highest BCUT2D eigenvalue weighted by Gasteiger charge is 2.36. The normalized spacial score (nSPS) is 15.8. The summed E-state index contributed by atoms with van der Waals surface area (Å²) in [5, 5.41) is 7.67. The molecule has 0 saturated carbocycles. The van der Waals surface area contributed by atoms with E-state index in [4.69, 9.17) is 16.0 Å². The fourth-order valence-electron chi connectivity index (χ4n) is 4.44. The molecule has 1 amide bonds. The SMILES string of the molecule is CCC(=O)N1N=C(c2c(-c3ccc(Cl)cc3)c3ccccc3n(C)c2=O)CC1c1ccco1. The predicted octanol–water partition coefficient (Wildman–Crippen LogP) is 5.54. The van der Waals surface area contributed by atoms with Crippen LogP contribution in [0.25, 0.3) is 22.0 Å². The van der Waals surface area contributed by atoms with Crippen LogP contribution in [-0.4, -0.2) is 21.2 Å². The molecular formula is C26H22ClN3O3. The van der Waals surface area contributed by atoms with Gasteiger partial charge >= 0.3 is 0 Å². The number of carbonyl (C=O) groups excluding carboxylic acids is 1. The van der Waals surface area contributed by atoms with Gasteiger partial charge in [0.2, 0.25) is 5.91 Å². The largest absolute Gasteiger partial charge is 0.467 e. The van der Waals surface area contributed by atoms with Gasteiger partial charge < -0.3 is 8.98 Å². The molecule has 0 fully saturated rings. The van der Waals surface area contributed by atoms with Crippen LogP contribution in [-0.2, 0) is 11.8 Å². The van der Waals surface area contributed by atoms with Crippen molar-refractivity contribution >= 4 is 34.1 Å². The number of para-hydroxylation sites is 1. The standard InChI is InChI=1S/C26H22ClN3O3/c1-3-23(31)30-21(22-9-6-14-33-22)15-19(28-30)25-24(16-10-12-17(27)13-11-16)18-7-4-5-8-20(18)29(2)26(25)32/h4-14,21H,3,15H2,1-2H3. The van der Waals surface area contributed by atoms with E-state index in [-0.39, 0.29) is 11.5 Å². The molecule has 0 saturated heterocycles. The Balaban J connectivity index is 1.78. The zero-order valence-corrected chi connectivity index (χ0v) is 19.0. The second-order valence-corrected chi connectivity index (χ2v) is 8.45. The highest BCUT2D eigenvalue weighted by atomic mass is 35.5. The molecule has 1 aliphatic rings. The van der Waals surface area contributed by atoms with Crippen LogP contribution in [0, 0.1) is 0 Å². The van der Waals surface area contributed by atoms with Crippen molar-refractivity contribution in [1.82, 2.24) is 9.58 Å². The minimum atomic E-state index is -0.392. The molecular weight excluding hydrogens is 438 g/mol. The highest BCUT2D eigenvalue weighted by molar-refractivity contribution is 6.30. The van der Waals surface area contributed by atoms with Gasteiger partial charge in [0, 0.05) is 35.9 Å². The number of aromatic nitrogens is 1. The van der Waals surface area contributed by atoms with Crippen molar-refractivity contribution in [3.8, 4) is 11.1 Å². The Hall–Kier alpha value is -3.64. The first-order valence-corrected chi connectivity index (χ1v) is 11.2. The van der Waals surface area contributed by atoms with E-state index in [0.717, 1.165) is 22.0 Å². The van der Waals surface area contributed by atoms with Crippen LogP contribution >= 0.6 is 11.6 Å². The monoisotopic (exact) mass is 459 g/mol. The third kappa shape index (κ3) is 3.56. The van der Waals surface area contributed by atoms with Crippen LogP contribution in [0.15, 0.2) is 81.2 Å². The van der Waals surface area contributed by atoms with Crippen LogP contribution in [0.5, 0.6) is 0 Å². The fourth-order valence-corrected chi connectivity index (χ4v) is 4.56. The molecule has 33 heavy (non-hydrogen) atoms. The maximum absolute atomic E-state index is 13.7. The number of carbonyl (C=O) groups is 1. The van der Waals surface area contributed by atoms with Gasteiger partial charge in [0.15, 0.2) is 0 Å². The molecule has 0 N–H and O–H groups in total. The van der Waals surface area contributed by atoms with Crippen molar-refractivity contribution in [2.75, 3.05) is 0 Å². The quantitative estimate of drug-likeness (QED) is 0.402. The first kappa shape index (κ1) is 21.2. The van der Waals surface area contributed by atoms with Crippen LogP contribution in [0.3, 0.4) is 0 Å². The molecule has 1 aliphatic heterocycles. The number of halogens is 1. The van der Waals surface area contributed by atoms with Crippen molar-refractivity contribution in [1.29, 1.82) is 0 Å². The van der Waals surface area contributed by atoms with E-state index in [1.54, 1.807) is 30.9 Å². The average molecular weight is 460 g/mol. The van der Waals surface area contributed by atoms with Gasteiger partial charge in [-0.2, -0.15) is 5.10 Å². The summed E-state index contributed by atoms with van der Waals surface area (Å²) in [6.07, 6.45) is 2.26. The van der Waals surface area contributed by atoms with E-state index in [0.29, 0.717) is 34.9 Å². The van der Waals surface area contributed by atoms with Gasteiger partial charge in [0.05, 0.1) is 23.1 Å². The van der Waals surface area contributed by atoms with E-state index >= 15 is 0 Å². The summed E-state index contributed by atoms with van der Waals surface area (Å²) in [6, 6.07) is 18.4. The van der Waals surface area contributed by atoms with Crippen molar-refractivity contribution in [3.63, 3.8) is 0 Å². The number of rotatable bonds is 4. The maximum Gasteiger partial charge on any atom is 0.260 e. The topological polar surface area (TPSA) is 67.8 Å². The molecule has 1 unspecified atom stereocenters. The Morgan fingerprint density at radius 2 is 1.85 bits per heavy atom. The smallest absolute Gasteiger partial charge is 0.260 e. The Morgan fingerprint density at radius 1 is 1.09 bits per heavy atom. The zero-order valence-electron chi connectivity index (χ0n) is 18.3. The van der Waals surface area contributed by atoms with Gasteiger partial charge in [-0.15, -0.1) is 0 Å². The summed E-state index contributed by atoms with van der Waals surface area (Å²) in [5.41, 5.74) is 3.35. The second kappa shape index (κ2) is 8.37. The average Bonchev–Trinajstić information content (AvgIpc) is 3.51. The summed E-state index contributed by atoms with van der Waals surface area (Å²) in [7, 11) is 1.76. The Labute approximate surface area is 195 Å². The lowest BCUT2D eigenvalue weighted by atomic mass is 9.91. The Bertz CT molecular complexity index is 1440. The van der Waals surface area contributed by atoms with Crippen LogP contribution in [0.1, 0.15) is 37.1 Å². The van der Waals surface area contributed by atoms with Gasteiger partial charge in [-0.3, -0.25) is 9.59 Å². The lowest BCUT2D eigenvalue weighted by Crippen LogP contribution is -2.26. The Kier molecular flexibility index (Phi) is 5.38. The lowest BCUT2D eigenvalue weighted by molar-refractivity contribution is -0.133. The van der Waals surface area contributed by atoms with Gasteiger partial charge in [-0.1, -0.05) is 48.9 Å². The number of hydrogen-bond acceptors (Lipinski definition) is 4. The van der Waals surface area contributed by atoms with E-state index in [2.05, 4.69) is 5.10 Å². The third-order valence-electron chi connectivity index (χ3n) is 6.06. The molecule has 0 spiro atoms. The zero-order chi connectivity index (χ0) is 23.1. The molecule has 2 aromatic heterocycles. The summed E-state index contributed by atoms with van der Waals surface area (Å²) in [4.78, 5) is 26.4. The number of furan rings is 1. The van der Waals surface area contributed by atoms with E-state index in [1.807, 2.05) is 54.6 Å². The van der Waals surface area contributed by atoms with Gasteiger partial charge in [0.1, 0.15) is 11.8 Å². The van der Waals surface area contributed by atoms with Crippen molar-refractivity contribution in [3.05, 3.63) is 93.6 Å². The number of benzene rings is 2. The first-order valence-electron chi connectivity index (χ1n) is 10.8. The van der Waals surface area contributed by atoms with Crippen LogP contribution < -0.4 is 5.56 Å². The molecule has 6 nitrogen and oxygen atoms in total. The van der Waals surface area contributed by atoms with Crippen LogP contribution in [0.2, 0.25) is 5.02 Å². The molecule has 166 valence electrons. The molecule has 0 bridgehead atoms. The Morgan fingerprint density at radius 3 is 2.55 bits per heavy atom. The van der Waals surface area contributed by atoms with Crippen molar-refractivity contribution in [2.24, 2.45) is 12.1 Å². The third-order valence-corrected chi connectivity index (χ3v) is 6.32. The molecule has 0 radical (unpaired) electrons. The molecule has 7 heteroatoms. The number of amides is 1. The van der Waals surface area contributed by atoms with E-state index < -0.39 is 6.04 Å². The van der Waals surface area contributed by atoms with Gasteiger partial charge in [-0.05, 0) is 35.9 Å². The lowest BCUT2D eigenvalue weighted by Gasteiger charge is -2.18. The number of pyridine rings is 1. The summed E-state index contributed by atoms with van der Waals surface area (Å²) < 4.78 is 7.25. The number of nitrogens with zero attached hydrogens (tertiary/aromatic N) is 3. The minimum absolute atomic E-state index is 0.128. The van der Waals surface area contributed by atoms with E-state index in [9.17, 15) is 9.59 Å². The molecule has 3 heterocycles. The van der Waals surface area contributed by atoms with Crippen LogP contribution in [0.4, 0.5) is 0 Å². The first-order chi connectivity index (χ1) is 16.0. The highest BCUT2D eigenvalue weighted by Crippen LogP contribution is 2.37. The van der Waals surface area contributed by atoms with Crippen molar-refractivity contribution < 1.29 is 9.21 Å². The summed E-state index contributed by atoms with van der Waals surface area (Å²) in [5.74, 6) is 0.512. The fraction of sp³-hybridized carbons (Fsp3) is 0.192. The maximum atomic E-state index is 13.7. The predicted molar refractivity (Wildman–Crippen MR) is 129 cm³/mol. The summed E-state index contributed by atoms with van der Waals surface area (Å²) in [6.45, 7) is 1.79. The minimum Gasteiger partial charge on any atom is -0.467 e. The number of fused-ring (bicyclic) bond motifs is 1. The summed E-state index contributed by atoms with van der Waals surface area (Å²) >= 11 is 6.14. The molecule has 5 rings (SSSR count). The number of hydrazone groups is 1. The molecule has 2 aromatic carbocycles. The molecule has 1 atom stereocenters. The number of hydrogen-bond donors (Lipinski definition) is 0. The van der Waals surface area contributed by atoms with Gasteiger partial charge in [-0.25, -0.2) is 5.01 Å². The van der Waals surface area contributed by atoms with Crippen molar-refractivity contribution in [2.45, 2.75) is 25.8 Å².